The molecule has 0 bridgehead atoms. The molecule has 0 aliphatic heterocycles. The molecule has 0 fully saturated rings. The van der Waals surface area contributed by atoms with E-state index in [1.54, 1.807) is 0 Å². The number of benzene rings is 1. The minimum atomic E-state index is 0.774. The van der Waals surface area contributed by atoms with E-state index in [1.807, 2.05) is 55.3 Å². The van der Waals surface area contributed by atoms with Crippen molar-refractivity contribution in [2.24, 2.45) is 0 Å². The van der Waals surface area contributed by atoms with Gasteiger partial charge in [0.1, 0.15) is 0 Å². The second-order valence-electron chi connectivity index (χ2n) is 3.04. The molecule has 14 heavy (non-hydrogen) atoms. The molecule has 0 aliphatic carbocycles. The van der Waals surface area contributed by atoms with Crippen molar-refractivity contribution in [3.05, 3.63) is 48.7 Å². The summed E-state index contributed by atoms with van der Waals surface area (Å²) in [6, 6.07) is 7.78. The Morgan fingerprint density at radius 3 is 2.57 bits per heavy atom. The van der Waals surface area contributed by atoms with Crippen LogP contribution >= 0.6 is 0 Å². The quantitative estimate of drug-likeness (QED) is 0.583. The molecule has 0 amide bonds. The van der Waals surface area contributed by atoms with Gasteiger partial charge in [0.05, 0.1) is 11.4 Å². The molecule has 0 unspecified atom stereocenters. The van der Waals surface area contributed by atoms with E-state index in [1.165, 1.54) is 0 Å². The van der Waals surface area contributed by atoms with Crippen LogP contribution in [0.25, 0.3) is 0 Å². The third kappa shape index (κ3) is 1.96. The summed E-state index contributed by atoms with van der Waals surface area (Å²) in [5.74, 6) is 0. The Balaban J connectivity index is 3.06. The number of nitrogens with zero attached hydrogens (tertiary/aromatic N) is 1. The van der Waals surface area contributed by atoms with Crippen LogP contribution < -0.4 is 10.6 Å². The molecule has 0 aromatic heterocycles. The maximum Gasteiger partial charge on any atom is 0.0641 e. The first-order chi connectivity index (χ1) is 6.70. The van der Waals surface area contributed by atoms with E-state index >= 15 is 0 Å². The van der Waals surface area contributed by atoms with E-state index in [0.29, 0.717) is 0 Å². The zero-order valence-electron chi connectivity index (χ0n) is 8.70. The molecule has 0 heterocycles. The van der Waals surface area contributed by atoms with Crippen LogP contribution in [-0.2, 0) is 0 Å². The number of hydrogen-bond donors (Lipinski definition) is 1. The van der Waals surface area contributed by atoms with Gasteiger partial charge in [-0.15, -0.1) is 0 Å². The van der Waals surface area contributed by atoms with Gasteiger partial charge in [0.2, 0.25) is 0 Å². The number of nitrogens with two attached hydrogens (primary N) is 1. The largest absolute Gasteiger partial charge is 0.397 e. The Bertz CT molecular complexity index is 353. The van der Waals surface area contributed by atoms with Crippen molar-refractivity contribution in [2.45, 2.75) is 6.92 Å². The van der Waals surface area contributed by atoms with Gasteiger partial charge in [0.25, 0.3) is 0 Å². The van der Waals surface area contributed by atoms with Crippen LogP contribution in [0.2, 0.25) is 0 Å². The first-order valence-electron chi connectivity index (χ1n) is 4.57. The molecule has 0 saturated heterocycles. The Hall–Kier alpha value is -1.70. The molecule has 2 heteroatoms. The molecule has 0 radical (unpaired) electrons. The smallest absolute Gasteiger partial charge is 0.0641 e. The highest BCUT2D eigenvalue weighted by Crippen LogP contribution is 2.24. The molecule has 0 atom stereocenters. The first-order valence-corrected chi connectivity index (χ1v) is 4.57. The summed E-state index contributed by atoms with van der Waals surface area (Å²) < 4.78 is 0. The molecule has 1 rings (SSSR count). The van der Waals surface area contributed by atoms with Crippen molar-refractivity contribution in [1.29, 1.82) is 0 Å². The van der Waals surface area contributed by atoms with Crippen LogP contribution in [0.1, 0.15) is 6.92 Å². The van der Waals surface area contributed by atoms with E-state index < -0.39 is 0 Å². The Labute approximate surface area is 85.3 Å². The van der Waals surface area contributed by atoms with Crippen molar-refractivity contribution < 1.29 is 0 Å². The molecular weight excluding hydrogens is 172 g/mol. The highest BCUT2D eigenvalue weighted by Gasteiger charge is 2.05. The average molecular weight is 188 g/mol. The number of hydrogen-bond acceptors (Lipinski definition) is 2. The summed E-state index contributed by atoms with van der Waals surface area (Å²) in [5.41, 5.74) is 8.68. The molecule has 0 spiro atoms. The van der Waals surface area contributed by atoms with Gasteiger partial charge in [0.15, 0.2) is 0 Å². The molecule has 2 N–H and O–H groups in total. The lowest BCUT2D eigenvalue weighted by Gasteiger charge is -2.21. The molecule has 74 valence electrons. The summed E-state index contributed by atoms with van der Waals surface area (Å²) in [5, 5.41) is 0. The van der Waals surface area contributed by atoms with E-state index in [0.717, 1.165) is 17.1 Å². The lowest BCUT2D eigenvalue weighted by Crippen LogP contribution is -2.16. The lowest BCUT2D eigenvalue weighted by molar-refractivity contribution is 1.13. The monoisotopic (exact) mass is 188 g/mol. The number of likely N-dealkylation sites (N-methyl/N-ethyl adjacent to an activating group) is 1. The van der Waals surface area contributed by atoms with Crippen molar-refractivity contribution in [3.8, 4) is 0 Å². The molecule has 0 saturated carbocycles. The Morgan fingerprint density at radius 2 is 2.07 bits per heavy atom. The fraction of sp³-hybridized carbons (Fsp3) is 0.167. The van der Waals surface area contributed by atoms with E-state index in [-0.39, 0.29) is 0 Å². The van der Waals surface area contributed by atoms with Crippen molar-refractivity contribution in [3.63, 3.8) is 0 Å². The average Bonchev–Trinajstić information content (AvgIpc) is 2.20. The predicted molar refractivity (Wildman–Crippen MR) is 63.2 cm³/mol. The zero-order valence-corrected chi connectivity index (χ0v) is 8.70. The zero-order chi connectivity index (χ0) is 10.6. The molecule has 0 aliphatic rings. The topological polar surface area (TPSA) is 29.3 Å². The van der Waals surface area contributed by atoms with Gasteiger partial charge in [-0.25, -0.2) is 0 Å². The predicted octanol–water partition coefficient (Wildman–Crippen LogP) is 2.79. The number of rotatable bonds is 3. The Kier molecular flexibility index (Phi) is 3.35. The fourth-order valence-corrected chi connectivity index (χ4v) is 1.38. The molecular formula is C12H16N2. The van der Waals surface area contributed by atoms with Gasteiger partial charge < -0.3 is 10.6 Å². The second-order valence-corrected chi connectivity index (χ2v) is 3.04. The third-order valence-corrected chi connectivity index (χ3v) is 2.19. The van der Waals surface area contributed by atoms with Crippen LogP contribution in [0, 0.1) is 0 Å². The van der Waals surface area contributed by atoms with Gasteiger partial charge in [-0.05, 0) is 25.1 Å². The van der Waals surface area contributed by atoms with Crippen LogP contribution in [0.15, 0.2) is 48.7 Å². The van der Waals surface area contributed by atoms with Gasteiger partial charge >= 0.3 is 0 Å². The minimum Gasteiger partial charge on any atom is -0.397 e. The normalized spacial score (nSPS) is 11.1. The van der Waals surface area contributed by atoms with Crippen molar-refractivity contribution >= 4 is 11.4 Å². The van der Waals surface area contributed by atoms with Crippen molar-refractivity contribution in [2.75, 3.05) is 17.7 Å². The van der Waals surface area contributed by atoms with Crippen LogP contribution in [0.5, 0.6) is 0 Å². The van der Waals surface area contributed by atoms with Gasteiger partial charge in [-0.2, -0.15) is 0 Å². The molecule has 1 aromatic carbocycles. The first kappa shape index (κ1) is 10.4. The van der Waals surface area contributed by atoms with Gasteiger partial charge in [0, 0.05) is 12.7 Å². The fourth-order valence-electron chi connectivity index (χ4n) is 1.38. The van der Waals surface area contributed by atoms with Crippen LogP contribution in [0.4, 0.5) is 11.4 Å². The van der Waals surface area contributed by atoms with Crippen molar-refractivity contribution in [1.82, 2.24) is 0 Å². The minimum absolute atomic E-state index is 0.774. The summed E-state index contributed by atoms with van der Waals surface area (Å²) in [6.45, 7) is 5.74. The summed E-state index contributed by atoms with van der Waals surface area (Å²) >= 11 is 0. The lowest BCUT2D eigenvalue weighted by atomic mass is 10.2. The number of para-hydroxylation sites is 2. The SMILES string of the molecule is C=C/C(=C/C)N(C)c1ccccc1N. The van der Waals surface area contributed by atoms with E-state index in [2.05, 4.69) is 6.58 Å². The summed E-state index contributed by atoms with van der Waals surface area (Å²) in [4.78, 5) is 2.02. The van der Waals surface area contributed by atoms with Gasteiger partial charge in [-0.3, -0.25) is 0 Å². The number of allylic oxidation sites excluding steroid dienone is 2. The maximum absolute atomic E-state index is 5.87. The van der Waals surface area contributed by atoms with Crippen LogP contribution in [0.3, 0.4) is 0 Å². The Morgan fingerprint density at radius 1 is 1.43 bits per heavy atom. The summed E-state index contributed by atoms with van der Waals surface area (Å²) in [6.07, 6.45) is 3.81. The molecule has 2 nitrogen and oxygen atoms in total. The highest BCUT2D eigenvalue weighted by molar-refractivity contribution is 5.70. The number of anilines is 2. The third-order valence-electron chi connectivity index (χ3n) is 2.19. The van der Waals surface area contributed by atoms with Gasteiger partial charge in [-0.1, -0.05) is 24.8 Å². The summed E-state index contributed by atoms with van der Waals surface area (Å²) in [7, 11) is 1.97. The molecule has 1 aromatic rings. The number of nitrogen functional groups attached to an aromatic ring is 1. The second kappa shape index (κ2) is 4.51. The standard InChI is InChI=1S/C12H16N2/c1-4-10(5-2)14(3)12-9-7-6-8-11(12)13/h4-9H,1,13H2,2-3H3/b10-5-. The highest BCUT2D eigenvalue weighted by atomic mass is 15.1. The maximum atomic E-state index is 5.87. The van der Waals surface area contributed by atoms with Crippen LogP contribution in [-0.4, -0.2) is 7.05 Å². The van der Waals surface area contributed by atoms with E-state index in [4.69, 9.17) is 5.73 Å². The van der Waals surface area contributed by atoms with E-state index in [9.17, 15) is 0 Å².